The fraction of sp³-hybridized carbons (Fsp3) is 0.323. The van der Waals surface area contributed by atoms with Gasteiger partial charge in [-0.05, 0) is 85.2 Å². The number of aromatic nitrogens is 3. The van der Waals surface area contributed by atoms with Gasteiger partial charge in [0.25, 0.3) is 0 Å². The van der Waals surface area contributed by atoms with E-state index >= 15 is 0 Å². The number of carbonyl (C=O) groups is 1. The van der Waals surface area contributed by atoms with Gasteiger partial charge in [-0.3, -0.25) is 9.78 Å². The molecule has 2 aromatic heterocycles. The minimum atomic E-state index is 0.240. The number of methoxy groups -OCH3 is 1. The van der Waals surface area contributed by atoms with Gasteiger partial charge in [0.15, 0.2) is 5.78 Å². The fourth-order valence-electron chi connectivity index (χ4n) is 5.19. The molecule has 2 heterocycles. The Labute approximate surface area is 218 Å². The lowest BCUT2D eigenvalue weighted by Gasteiger charge is -2.22. The largest absolute Gasteiger partial charge is 0.496 e. The molecule has 2 aromatic carbocycles. The first-order valence-electron chi connectivity index (χ1n) is 13.0. The molecule has 1 aliphatic rings. The highest BCUT2D eigenvalue weighted by Gasteiger charge is 2.22. The van der Waals surface area contributed by atoms with Gasteiger partial charge in [-0.1, -0.05) is 18.2 Å². The van der Waals surface area contributed by atoms with E-state index < -0.39 is 0 Å². The van der Waals surface area contributed by atoms with E-state index in [4.69, 9.17) is 9.47 Å². The standard InChI is InChI=1S/C31H33N3O3/c1-22-18-23(9-13-30(22)36-2)20-34-21-32-19-25(34)15-17-37-31-14-12-27-26(7-5-8-29(27)35)28(31)11-10-24-6-3-4-16-33-24/h3-4,6,9,12-14,16,18-19,21H,5,7-8,10-11,15,17,20H2,1-2H3. The van der Waals surface area contributed by atoms with E-state index in [1.54, 1.807) is 7.11 Å². The maximum atomic E-state index is 12.6. The molecule has 0 saturated carbocycles. The van der Waals surface area contributed by atoms with Crippen molar-refractivity contribution in [1.82, 2.24) is 14.5 Å². The summed E-state index contributed by atoms with van der Waals surface area (Å²) in [5.74, 6) is 2.01. The minimum absolute atomic E-state index is 0.240. The molecule has 0 fully saturated rings. The van der Waals surface area contributed by atoms with Crippen LogP contribution in [0.5, 0.6) is 11.5 Å². The number of aryl methyl sites for hydroxylation is 2. The smallest absolute Gasteiger partial charge is 0.163 e. The molecule has 0 aliphatic heterocycles. The molecule has 37 heavy (non-hydrogen) atoms. The lowest BCUT2D eigenvalue weighted by molar-refractivity contribution is 0.0972. The van der Waals surface area contributed by atoms with Crippen LogP contribution in [0, 0.1) is 6.92 Å². The number of hydrogen-bond acceptors (Lipinski definition) is 5. The Balaban J connectivity index is 1.29. The van der Waals surface area contributed by atoms with Crippen molar-refractivity contribution in [3.05, 3.63) is 106 Å². The van der Waals surface area contributed by atoms with Gasteiger partial charge >= 0.3 is 0 Å². The van der Waals surface area contributed by atoms with Crippen molar-refractivity contribution < 1.29 is 14.3 Å². The molecule has 0 atom stereocenters. The number of pyridine rings is 1. The van der Waals surface area contributed by atoms with Crippen LogP contribution in [0.3, 0.4) is 0 Å². The molecule has 1 aliphatic carbocycles. The van der Waals surface area contributed by atoms with E-state index in [0.29, 0.717) is 13.0 Å². The molecular weight excluding hydrogens is 462 g/mol. The highest BCUT2D eigenvalue weighted by Crippen LogP contribution is 2.32. The number of benzene rings is 2. The summed E-state index contributed by atoms with van der Waals surface area (Å²) >= 11 is 0. The average Bonchev–Trinajstić information content (AvgIpc) is 3.35. The second-order valence-electron chi connectivity index (χ2n) is 9.58. The molecule has 190 valence electrons. The quantitative estimate of drug-likeness (QED) is 0.288. The number of fused-ring (bicyclic) bond motifs is 1. The van der Waals surface area contributed by atoms with Crippen LogP contribution in [-0.4, -0.2) is 34.0 Å². The molecule has 0 bridgehead atoms. The molecule has 0 radical (unpaired) electrons. The van der Waals surface area contributed by atoms with E-state index in [1.807, 2.05) is 55.1 Å². The highest BCUT2D eigenvalue weighted by atomic mass is 16.5. The number of imidazole rings is 1. The second kappa shape index (κ2) is 11.4. The van der Waals surface area contributed by atoms with Crippen LogP contribution in [0.25, 0.3) is 0 Å². The number of Topliss-reactive ketones (excluding diaryl/α,β-unsaturated/α-hetero) is 1. The first-order chi connectivity index (χ1) is 18.1. The predicted octanol–water partition coefficient (Wildman–Crippen LogP) is 5.57. The van der Waals surface area contributed by atoms with Gasteiger partial charge in [0.1, 0.15) is 11.5 Å². The van der Waals surface area contributed by atoms with Gasteiger partial charge in [0.2, 0.25) is 0 Å². The van der Waals surface area contributed by atoms with Crippen molar-refractivity contribution in [2.45, 2.75) is 52.0 Å². The van der Waals surface area contributed by atoms with E-state index in [9.17, 15) is 4.79 Å². The highest BCUT2D eigenvalue weighted by molar-refractivity contribution is 5.99. The van der Waals surface area contributed by atoms with Crippen LogP contribution < -0.4 is 9.47 Å². The van der Waals surface area contributed by atoms with Crippen molar-refractivity contribution in [3.8, 4) is 11.5 Å². The van der Waals surface area contributed by atoms with Gasteiger partial charge in [0.05, 0.1) is 20.0 Å². The molecule has 4 aromatic rings. The lowest BCUT2D eigenvalue weighted by atomic mass is 9.85. The Kier molecular flexibility index (Phi) is 7.64. The summed E-state index contributed by atoms with van der Waals surface area (Å²) in [6.07, 6.45) is 10.4. The fourth-order valence-corrected chi connectivity index (χ4v) is 5.19. The Morgan fingerprint density at radius 2 is 1.89 bits per heavy atom. The molecular formula is C31H33N3O3. The third kappa shape index (κ3) is 5.74. The molecule has 0 amide bonds. The van der Waals surface area contributed by atoms with Gasteiger partial charge < -0.3 is 14.0 Å². The summed E-state index contributed by atoms with van der Waals surface area (Å²) in [6, 6.07) is 16.2. The summed E-state index contributed by atoms with van der Waals surface area (Å²) in [7, 11) is 1.69. The first kappa shape index (κ1) is 24.8. The normalized spacial score (nSPS) is 12.9. The third-order valence-corrected chi connectivity index (χ3v) is 7.10. The van der Waals surface area contributed by atoms with Crippen LogP contribution in [0.4, 0.5) is 0 Å². The van der Waals surface area contributed by atoms with Crippen LogP contribution in [0.2, 0.25) is 0 Å². The van der Waals surface area contributed by atoms with Gasteiger partial charge in [0, 0.05) is 48.7 Å². The van der Waals surface area contributed by atoms with E-state index in [0.717, 1.165) is 83.8 Å². The zero-order valence-electron chi connectivity index (χ0n) is 21.6. The Hall–Kier alpha value is -3.93. The van der Waals surface area contributed by atoms with Crippen LogP contribution in [0.1, 0.15) is 56.8 Å². The maximum Gasteiger partial charge on any atom is 0.163 e. The summed E-state index contributed by atoms with van der Waals surface area (Å²) in [5.41, 5.74) is 7.66. The number of rotatable bonds is 10. The summed E-state index contributed by atoms with van der Waals surface area (Å²) in [5, 5.41) is 0. The van der Waals surface area contributed by atoms with Crippen molar-refractivity contribution in [1.29, 1.82) is 0 Å². The Bertz CT molecular complexity index is 1380. The van der Waals surface area contributed by atoms with Gasteiger partial charge in [-0.15, -0.1) is 0 Å². The summed E-state index contributed by atoms with van der Waals surface area (Å²) < 4.78 is 13.9. The van der Waals surface area contributed by atoms with E-state index in [-0.39, 0.29) is 5.78 Å². The summed E-state index contributed by atoms with van der Waals surface area (Å²) in [4.78, 5) is 21.4. The SMILES string of the molecule is COc1ccc(Cn2cncc2CCOc2ccc3c(c2CCc2ccccn2)CCCC3=O)cc1C. The van der Waals surface area contributed by atoms with Crippen molar-refractivity contribution in [2.75, 3.05) is 13.7 Å². The molecule has 0 spiro atoms. The number of hydrogen-bond donors (Lipinski definition) is 0. The second-order valence-corrected chi connectivity index (χ2v) is 9.58. The van der Waals surface area contributed by atoms with E-state index in [1.165, 1.54) is 5.56 Å². The number of carbonyl (C=O) groups excluding carboxylic acids is 1. The first-order valence-corrected chi connectivity index (χ1v) is 13.0. The number of ketones is 1. The predicted molar refractivity (Wildman–Crippen MR) is 144 cm³/mol. The lowest BCUT2D eigenvalue weighted by Crippen LogP contribution is -2.16. The zero-order valence-corrected chi connectivity index (χ0v) is 21.6. The molecule has 5 rings (SSSR count). The number of nitrogens with zero attached hydrogens (tertiary/aromatic N) is 3. The van der Waals surface area contributed by atoms with Crippen molar-refractivity contribution >= 4 is 5.78 Å². The maximum absolute atomic E-state index is 12.6. The molecule has 6 heteroatoms. The molecule has 0 N–H and O–H groups in total. The zero-order chi connectivity index (χ0) is 25.6. The topological polar surface area (TPSA) is 66.2 Å². The van der Waals surface area contributed by atoms with Crippen molar-refractivity contribution in [2.24, 2.45) is 0 Å². The molecule has 0 unspecified atom stereocenters. The van der Waals surface area contributed by atoms with Gasteiger partial charge in [-0.25, -0.2) is 4.98 Å². The minimum Gasteiger partial charge on any atom is -0.496 e. The Morgan fingerprint density at radius 1 is 1.00 bits per heavy atom. The number of ether oxygens (including phenoxy) is 2. The Morgan fingerprint density at radius 3 is 2.70 bits per heavy atom. The van der Waals surface area contributed by atoms with Crippen LogP contribution >= 0.6 is 0 Å². The third-order valence-electron chi connectivity index (χ3n) is 7.10. The average molecular weight is 496 g/mol. The van der Waals surface area contributed by atoms with Crippen molar-refractivity contribution in [3.63, 3.8) is 0 Å². The molecule has 0 saturated heterocycles. The summed E-state index contributed by atoms with van der Waals surface area (Å²) in [6.45, 7) is 3.34. The van der Waals surface area contributed by atoms with Gasteiger partial charge in [-0.2, -0.15) is 0 Å². The van der Waals surface area contributed by atoms with E-state index in [2.05, 4.69) is 33.6 Å². The van der Waals surface area contributed by atoms with Crippen LogP contribution in [-0.2, 0) is 32.2 Å². The van der Waals surface area contributed by atoms with Crippen LogP contribution in [0.15, 0.2) is 67.3 Å². The molecule has 6 nitrogen and oxygen atoms in total. The monoisotopic (exact) mass is 495 g/mol.